The van der Waals surface area contributed by atoms with E-state index >= 15 is 0 Å². The number of aromatic hydroxyl groups is 1. The summed E-state index contributed by atoms with van der Waals surface area (Å²) in [6, 6.07) is 7.94. The molecule has 0 unspecified atom stereocenters. The van der Waals surface area contributed by atoms with Gasteiger partial charge in [-0.25, -0.2) is 4.39 Å². The number of thiocarbonyl (C=S) groups is 1. The molecular weight excluding hydrogens is 419 g/mol. The number of hydrogen-bond acceptors (Lipinski definition) is 7. The number of nitrogens with one attached hydrogen (secondary N) is 1. The lowest BCUT2D eigenvalue weighted by Gasteiger charge is -2.15. The zero-order valence-corrected chi connectivity index (χ0v) is 16.9. The molecule has 2 amide bonds. The molecule has 1 heterocycles. The molecule has 0 bridgehead atoms. The summed E-state index contributed by atoms with van der Waals surface area (Å²) in [6.45, 7) is 0. The number of thioether (sulfide) groups is 1. The van der Waals surface area contributed by atoms with Gasteiger partial charge in [-0.3, -0.25) is 15.0 Å². The van der Waals surface area contributed by atoms with E-state index in [0.29, 0.717) is 5.56 Å². The van der Waals surface area contributed by atoms with Gasteiger partial charge in [0, 0.05) is 5.56 Å². The highest BCUT2D eigenvalue weighted by Crippen LogP contribution is 2.39. The molecule has 7 nitrogen and oxygen atoms in total. The first kappa shape index (κ1) is 20.6. The van der Waals surface area contributed by atoms with Gasteiger partial charge in [-0.2, -0.15) is 5.01 Å². The third-order valence-corrected chi connectivity index (χ3v) is 5.22. The zero-order chi connectivity index (χ0) is 21.1. The van der Waals surface area contributed by atoms with Crippen molar-refractivity contribution in [3.63, 3.8) is 0 Å². The first-order chi connectivity index (χ1) is 13.8. The number of carbonyl (C=O) groups excluding carboxylic acids is 2. The summed E-state index contributed by atoms with van der Waals surface area (Å²) >= 11 is 6.18. The molecule has 0 atom stereocenters. The van der Waals surface area contributed by atoms with Crippen molar-refractivity contribution in [2.45, 2.75) is 0 Å². The highest BCUT2D eigenvalue weighted by Gasteiger charge is 2.34. The fourth-order valence-corrected chi connectivity index (χ4v) is 3.66. The average molecular weight is 434 g/mol. The van der Waals surface area contributed by atoms with E-state index in [1.165, 1.54) is 44.6 Å². The summed E-state index contributed by atoms with van der Waals surface area (Å²) < 4.78 is 23.3. The van der Waals surface area contributed by atoms with Crippen molar-refractivity contribution in [1.29, 1.82) is 0 Å². The van der Waals surface area contributed by atoms with Crippen LogP contribution in [0.2, 0.25) is 0 Å². The first-order valence-electron chi connectivity index (χ1n) is 8.13. The SMILES string of the molecule is COc1cc(/C=C2\SC(=S)N(NC(=O)c3ccc(F)cc3)C2=O)cc(OC)c1O. The lowest BCUT2D eigenvalue weighted by molar-refractivity contribution is -0.123. The van der Waals surface area contributed by atoms with Gasteiger partial charge in [0.25, 0.3) is 11.8 Å². The number of hydrogen-bond donors (Lipinski definition) is 2. The first-order valence-corrected chi connectivity index (χ1v) is 9.36. The number of phenolic OH excluding ortho intramolecular Hbond substituents is 1. The van der Waals surface area contributed by atoms with Crippen LogP contribution in [-0.2, 0) is 4.79 Å². The number of hydrazine groups is 1. The molecule has 2 aromatic rings. The number of carbonyl (C=O) groups is 2. The summed E-state index contributed by atoms with van der Waals surface area (Å²) in [4.78, 5) is 25.2. The molecule has 0 saturated carbocycles. The molecule has 150 valence electrons. The van der Waals surface area contributed by atoms with Crippen LogP contribution in [0.3, 0.4) is 0 Å². The number of methoxy groups -OCH3 is 2. The van der Waals surface area contributed by atoms with Gasteiger partial charge in [-0.1, -0.05) is 11.8 Å². The number of rotatable bonds is 5. The van der Waals surface area contributed by atoms with Crippen molar-refractivity contribution in [1.82, 2.24) is 10.4 Å². The molecule has 2 aromatic carbocycles. The fraction of sp³-hybridized carbons (Fsp3) is 0.105. The van der Waals surface area contributed by atoms with Gasteiger partial charge in [0.15, 0.2) is 15.8 Å². The normalized spacial score (nSPS) is 15.0. The summed E-state index contributed by atoms with van der Waals surface area (Å²) in [5, 5.41) is 10.9. The Morgan fingerprint density at radius 2 is 1.79 bits per heavy atom. The van der Waals surface area contributed by atoms with Crippen LogP contribution < -0.4 is 14.9 Å². The van der Waals surface area contributed by atoms with Gasteiger partial charge in [0.1, 0.15) is 5.82 Å². The maximum absolute atomic E-state index is 13.0. The Morgan fingerprint density at radius 3 is 2.34 bits per heavy atom. The number of benzene rings is 2. The molecule has 2 N–H and O–H groups in total. The second-order valence-corrected chi connectivity index (χ2v) is 7.41. The van der Waals surface area contributed by atoms with Crippen LogP contribution in [0.4, 0.5) is 4.39 Å². The van der Waals surface area contributed by atoms with Crippen molar-refractivity contribution in [2.24, 2.45) is 0 Å². The monoisotopic (exact) mass is 434 g/mol. The lowest BCUT2D eigenvalue weighted by Crippen LogP contribution is -2.44. The van der Waals surface area contributed by atoms with E-state index in [1.54, 1.807) is 0 Å². The molecule has 1 aliphatic heterocycles. The van der Waals surface area contributed by atoms with Gasteiger partial charge >= 0.3 is 0 Å². The smallest absolute Gasteiger partial charge is 0.285 e. The molecule has 1 aliphatic rings. The van der Waals surface area contributed by atoms with E-state index < -0.39 is 17.6 Å². The van der Waals surface area contributed by atoms with Crippen LogP contribution in [0.15, 0.2) is 41.3 Å². The van der Waals surface area contributed by atoms with Crippen molar-refractivity contribution in [2.75, 3.05) is 14.2 Å². The second-order valence-electron chi connectivity index (χ2n) is 5.74. The number of amides is 2. The van der Waals surface area contributed by atoms with Crippen LogP contribution in [0.1, 0.15) is 15.9 Å². The maximum Gasteiger partial charge on any atom is 0.285 e. The number of ether oxygens (including phenoxy) is 2. The minimum Gasteiger partial charge on any atom is -0.502 e. The van der Waals surface area contributed by atoms with E-state index in [0.717, 1.165) is 28.9 Å². The van der Waals surface area contributed by atoms with Crippen molar-refractivity contribution in [3.8, 4) is 17.2 Å². The number of halogens is 1. The van der Waals surface area contributed by atoms with Gasteiger partial charge in [-0.15, -0.1) is 0 Å². The van der Waals surface area contributed by atoms with E-state index in [9.17, 15) is 19.1 Å². The summed E-state index contributed by atoms with van der Waals surface area (Å²) in [5.74, 6) is -1.41. The predicted molar refractivity (Wildman–Crippen MR) is 110 cm³/mol. The standard InChI is InChI=1S/C19H15FN2O5S2/c1-26-13-7-10(8-14(27-2)16(13)23)9-15-18(25)22(19(28)29-15)21-17(24)11-3-5-12(20)6-4-11/h3-9,23H,1-2H3,(H,21,24)/b15-9-. The molecule has 0 radical (unpaired) electrons. The highest BCUT2D eigenvalue weighted by molar-refractivity contribution is 8.26. The fourth-order valence-electron chi connectivity index (χ4n) is 2.48. The molecule has 0 aliphatic carbocycles. The molecule has 1 saturated heterocycles. The number of phenols is 1. The van der Waals surface area contributed by atoms with E-state index in [1.807, 2.05) is 0 Å². The van der Waals surface area contributed by atoms with Gasteiger partial charge in [0.05, 0.1) is 19.1 Å². The van der Waals surface area contributed by atoms with Crippen LogP contribution in [0.25, 0.3) is 6.08 Å². The van der Waals surface area contributed by atoms with Crippen LogP contribution in [0, 0.1) is 5.82 Å². The molecule has 10 heteroatoms. The predicted octanol–water partition coefficient (Wildman–Crippen LogP) is 3.09. The third-order valence-electron chi connectivity index (χ3n) is 3.91. The van der Waals surface area contributed by atoms with E-state index in [-0.39, 0.29) is 32.0 Å². The Labute approximate surface area is 175 Å². The molecule has 1 fully saturated rings. The largest absolute Gasteiger partial charge is 0.502 e. The minimum atomic E-state index is -0.601. The molecule has 0 spiro atoms. The molecule has 29 heavy (non-hydrogen) atoms. The quantitative estimate of drug-likeness (QED) is 0.552. The van der Waals surface area contributed by atoms with E-state index in [2.05, 4.69) is 5.43 Å². The second kappa shape index (κ2) is 8.50. The van der Waals surface area contributed by atoms with Crippen LogP contribution in [-0.4, -0.2) is 40.5 Å². The summed E-state index contributed by atoms with van der Waals surface area (Å²) in [7, 11) is 2.78. The Bertz CT molecular complexity index is 999. The maximum atomic E-state index is 13.0. The summed E-state index contributed by atoms with van der Waals surface area (Å²) in [5.41, 5.74) is 3.12. The number of nitrogens with zero attached hydrogens (tertiary/aromatic N) is 1. The molecule has 3 rings (SSSR count). The molecular formula is C19H15FN2O5S2. The zero-order valence-electron chi connectivity index (χ0n) is 15.3. The Balaban J connectivity index is 1.83. The van der Waals surface area contributed by atoms with Gasteiger partial charge in [-0.05, 0) is 60.3 Å². The Morgan fingerprint density at radius 1 is 1.21 bits per heavy atom. The highest BCUT2D eigenvalue weighted by atomic mass is 32.2. The van der Waals surface area contributed by atoms with Gasteiger partial charge < -0.3 is 14.6 Å². The minimum absolute atomic E-state index is 0.134. The average Bonchev–Trinajstić information content (AvgIpc) is 2.96. The van der Waals surface area contributed by atoms with Crippen LogP contribution >= 0.6 is 24.0 Å². The Hall–Kier alpha value is -3.11. The lowest BCUT2D eigenvalue weighted by atomic mass is 10.1. The van der Waals surface area contributed by atoms with Crippen molar-refractivity contribution >= 4 is 46.2 Å². The molecule has 0 aromatic heterocycles. The van der Waals surface area contributed by atoms with Gasteiger partial charge in [0.2, 0.25) is 5.75 Å². The summed E-state index contributed by atoms with van der Waals surface area (Å²) in [6.07, 6.45) is 1.54. The van der Waals surface area contributed by atoms with Crippen molar-refractivity contribution < 1.29 is 28.6 Å². The third kappa shape index (κ3) is 4.33. The van der Waals surface area contributed by atoms with E-state index in [4.69, 9.17) is 21.7 Å². The van der Waals surface area contributed by atoms with Crippen LogP contribution in [0.5, 0.6) is 17.2 Å². The topological polar surface area (TPSA) is 88.1 Å². The Kier molecular flexibility index (Phi) is 6.04. The van der Waals surface area contributed by atoms with Crippen molar-refractivity contribution in [3.05, 3.63) is 58.2 Å².